The minimum atomic E-state index is 0.499. The Morgan fingerprint density at radius 2 is 2.38 bits per heavy atom. The molecule has 0 bridgehead atoms. The minimum absolute atomic E-state index is 0.499. The molecule has 0 amide bonds. The predicted octanol–water partition coefficient (Wildman–Crippen LogP) is 1.80. The molecule has 0 spiro atoms. The highest BCUT2D eigenvalue weighted by molar-refractivity contribution is 6.18. The van der Waals surface area contributed by atoms with Crippen molar-refractivity contribution in [2.75, 3.05) is 5.88 Å². The fourth-order valence-electron chi connectivity index (χ4n) is 0.991. The van der Waals surface area contributed by atoms with Crippen LogP contribution in [-0.2, 0) is 6.54 Å². The van der Waals surface area contributed by atoms with E-state index < -0.39 is 0 Å². The zero-order valence-corrected chi connectivity index (χ0v) is 8.16. The number of carbonyl (C=O) groups is 1. The molecule has 1 heterocycles. The Bertz CT molecular complexity index is 317. The number of carbonyl (C=O) groups excluding carboxylic acids is 1. The van der Waals surface area contributed by atoms with Crippen LogP contribution in [0.5, 0.6) is 0 Å². The number of aldehydes is 1. The first kappa shape index (κ1) is 9.99. The van der Waals surface area contributed by atoms with Crippen molar-refractivity contribution in [2.24, 2.45) is 0 Å². The van der Waals surface area contributed by atoms with Gasteiger partial charge in [0.2, 0.25) is 0 Å². The van der Waals surface area contributed by atoms with E-state index in [0.29, 0.717) is 18.1 Å². The maximum atomic E-state index is 10.5. The predicted molar refractivity (Wildman–Crippen MR) is 52.2 cm³/mol. The number of hydrogen-bond donors (Lipinski definition) is 0. The molecule has 0 aliphatic carbocycles. The van der Waals surface area contributed by atoms with Crippen molar-refractivity contribution in [3.05, 3.63) is 29.6 Å². The van der Waals surface area contributed by atoms with E-state index in [1.165, 1.54) is 0 Å². The van der Waals surface area contributed by atoms with Crippen LogP contribution in [0.25, 0.3) is 0 Å². The van der Waals surface area contributed by atoms with Crippen molar-refractivity contribution in [1.29, 1.82) is 0 Å². The van der Waals surface area contributed by atoms with Gasteiger partial charge in [0, 0.05) is 12.1 Å². The van der Waals surface area contributed by atoms with Crippen LogP contribution >= 0.6 is 11.6 Å². The first-order chi connectivity index (χ1) is 6.27. The van der Waals surface area contributed by atoms with Crippen LogP contribution in [0.1, 0.15) is 16.1 Å². The third-order valence-corrected chi connectivity index (χ3v) is 1.82. The number of allylic oxidation sites excluding steroid dienone is 2. The average molecular weight is 199 g/mol. The van der Waals surface area contributed by atoms with Gasteiger partial charge in [0.05, 0.1) is 6.54 Å². The van der Waals surface area contributed by atoms with E-state index in [2.05, 4.69) is 5.10 Å². The van der Waals surface area contributed by atoms with Gasteiger partial charge in [0.25, 0.3) is 0 Å². The number of aryl methyl sites for hydroxylation is 1. The third kappa shape index (κ3) is 2.70. The van der Waals surface area contributed by atoms with Crippen LogP contribution in [0.2, 0.25) is 0 Å². The quantitative estimate of drug-likeness (QED) is 0.420. The van der Waals surface area contributed by atoms with E-state index in [9.17, 15) is 4.79 Å². The number of hydrogen-bond acceptors (Lipinski definition) is 2. The van der Waals surface area contributed by atoms with Gasteiger partial charge < -0.3 is 0 Å². The summed E-state index contributed by atoms with van der Waals surface area (Å²) in [6, 6.07) is 0. The molecule has 1 rings (SSSR count). The Morgan fingerprint density at radius 3 is 2.92 bits per heavy atom. The van der Waals surface area contributed by atoms with Crippen LogP contribution in [0, 0.1) is 6.92 Å². The second-order valence-corrected chi connectivity index (χ2v) is 2.97. The van der Waals surface area contributed by atoms with E-state index in [1.54, 1.807) is 4.68 Å². The maximum Gasteiger partial charge on any atom is 0.170 e. The molecule has 1 aromatic heterocycles. The molecule has 0 atom stereocenters. The second kappa shape index (κ2) is 4.82. The lowest BCUT2D eigenvalue weighted by Crippen LogP contribution is -1.96. The standard InChI is InChI=1S/C9H11ClN2O/c1-8-6-12(5-3-2-4-10)11-9(8)7-13/h2-3,6-7H,4-5H2,1H3. The Morgan fingerprint density at radius 1 is 1.62 bits per heavy atom. The summed E-state index contributed by atoms with van der Waals surface area (Å²) in [6.45, 7) is 2.51. The van der Waals surface area contributed by atoms with Gasteiger partial charge in [-0.05, 0) is 12.5 Å². The zero-order valence-electron chi connectivity index (χ0n) is 7.40. The van der Waals surface area contributed by atoms with Gasteiger partial charge in [-0.15, -0.1) is 11.6 Å². The lowest BCUT2D eigenvalue weighted by atomic mass is 10.3. The van der Waals surface area contributed by atoms with Crippen molar-refractivity contribution in [3.8, 4) is 0 Å². The molecule has 4 heteroatoms. The molecule has 0 radical (unpaired) electrons. The van der Waals surface area contributed by atoms with Gasteiger partial charge in [0.15, 0.2) is 6.29 Å². The summed E-state index contributed by atoms with van der Waals surface area (Å²) >= 11 is 5.46. The molecule has 70 valence electrons. The Kier molecular flexibility index (Phi) is 3.71. The fourth-order valence-corrected chi connectivity index (χ4v) is 1.12. The van der Waals surface area contributed by atoms with Crippen LogP contribution < -0.4 is 0 Å². The summed E-state index contributed by atoms with van der Waals surface area (Å²) in [5.41, 5.74) is 1.40. The molecule has 0 saturated carbocycles. The average Bonchev–Trinajstić information content (AvgIpc) is 2.47. The molecule has 0 aliphatic rings. The van der Waals surface area contributed by atoms with Gasteiger partial charge in [-0.3, -0.25) is 9.48 Å². The number of alkyl halides is 1. The van der Waals surface area contributed by atoms with Gasteiger partial charge in [-0.2, -0.15) is 5.10 Å². The van der Waals surface area contributed by atoms with Crippen LogP contribution in [0.4, 0.5) is 0 Å². The van der Waals surface area contributed by atoms with E-state index in [1.807, 2.05) is 25.3 Å². The van der Waals surface area contributed by atoms with Gasteiger partial charge in [-0.25, -0.2) is 0 Å². The highest BCUT2D eigenvalue weighted by Gasteiger charge is 2.01. The van der Waals surface area contributed by atoms with E-state index in [0.717, 1.165) is 11.8 Å². The maximum absolute atomic E-state index is 10.5. The Hall–Kier alpha value is -1.09. The minimum Gasteiger partial charge on any atom is -0.296 e. The van der Waals surface area contributed by atoms with Crippen molar-refractivity contribution in [3.63, 3.8) is 0 Å². The molecule has 0 saturated heterocycles. The van der Waals surface area contributed by atoms with E-state index in [-0.39, 0.29) is 0 Å². The first-order valence-corrected chi connectivity index (χ1v) is 4.51. The number of rotatable bonds is 4. The molecule has 1 aromatic rings. The second-order valence-electron chi connectivity index (χ2n) is 2.66. The zero-order chi connectivity index (χ0) is 9.68. The molecule has 0 aliphatic heterocycles. The molecule has 0 aromatic carbocycles. The number of aromatic nitrogens is 2. The molecule has 13 heavy (non-hydrogen) atoms. The highest BCUT2D eigenvalue weighted by atomic mass is 35.5. The summed E-state index contributed by atoms with van der Waals surface area (Å²) in [7, 11) is 0. The van der Waals surface area contributed by atoms with E-state index in [4.69, 9.17) is 11.6 Å². The van der Waals surface area contributed by atoms with Gasteiger partial charge in [-0.1, -0.05) is 12.2 Å². The van der Waals surface area contributed by atoms with Crippen LogP contribution in [-0.4, -0.2) is 21.9 Å². The van der Waals surface area contributed by atoms with Crippen LogP contribution in [0.3, 0.4) is 0 Å². The summed E-state index contributed by atoms with van der Waals surface area (Å²) in [4.78, 5) is 10.5. The number of halogens is 1. The summed E-state index contributed by atoms with van der Waals surface area (Å²) < 4.78 is 1.71. The van der Waals surface area contributed by atoms with Crippen molar-refractivity contribution in [1.82, 2.24) is 9.78 Å². The molecular weight excluding hydrogens is 188 g/mol. The Labute approximate surface area is 82.0 Å². The van der Waals surface area contributed by atoms with Gasteiger partial charge >= 0.3 is 0 Å². The lowest BCUT2D eigenvalue weighted by Gasteiger charge is -1.92. The topological polar surface area (TPSA) is 34.9 Å². The number of nitrogens with zero attached hydrogens (tertiary/aromatic N) is 2. The smallest absolute Gasteiger partial charge is 0.170 e. The van der Waals surface area contributed by atoms with Crippen molar-refractivity contribution in [2.45, 2.75) is 13.5 Å². The largest absolute Gasteiger partial charge is 0.296 e. The normalized spacial score (nSPS) is 10.9. The van der Waals surface area contributed by atoms with Crippen molar-refractivity contribution >= 4 is 17.9 Å². The summed E-state index contributed by atoms with van der Waals surface area (Å²) in [5, 5.41) is 4.05. The molecule has 0 unspecified atom stereocenters. The summed E-state index contributed by atoms with van der Waals surface area (Å²) in [6.07, 6.45) is 6.35. The molecule has 3 nitrogen and oxygen atoms in total. The molecule has 0 fully saturated rings. The lowest BCUT2D eigenvalue weighted by molar-refractivity contribution is 0.111. The molecule has 0 N–H and O–H groups in total. The SMILES string of the molecule is Cc1cn(CC=CCCl)nc1C=O. The van der Waals surface area contributed by atoms with E-state index >= 15 is 0 Å². The van der Waals surface area contributed by atoms with Crippen molar-refractivity contribution < 1.29 is 4.79 Å². The van der Waals surface area contributed by atoms with Crippen LogP contribution in [0.15, 0.2) is 18.3 Å². The summed E-state index contributed by atoms with van der Waals surface area (Å²) in [5.74, 6) is 0.501. The third-order valence-electron chi connectivity index (χ3n) is 1.64. The van der Waals surface area contributed by atoms with Gasteiger partial charge in [0.1, 0.15) is 5.69 Å². The monoisotopic (exact) mass is 198 g/mol. The fraction of sp³-hybridized carbons (Fsp3) is 0.333. The highest BCUT2D eigenvalue weighted by Crippen LogP contribution is 2.01. The molecular formula is C9H11ClN2O. The first-order valence-electron chi connectivity index (χ1n) is 3.98. The Balaban J connectivity index is 2.68.